The summed E-state index contributed by atoms with van der Waals surface area (Å²) in [5.41, 5.74) is 1.60. The number of carbonyl (C=O) groups is 1. The highest BCUT2D eigenvalue weighted by Gasteiger charge is 2.19. The lowest BCUT2D eigenvalue weighted by Gasteiger charge is -2.13. The van der Waals surface area contributed by atoms with Gasteiger partial charge in [0.25, 0.3) is 5.56 Å². The molecule has 0 bridgehead atoms. The highest BCUT2D eigenvalue weighted by Crippen LogP contribution is 2.32. The number of hydrogen-bond acceptors (Lipinski definition) is 5. The lowest BCUT2D eigenvalue weighted by Crippen LogP contribution is -2.32. The van der Waals surface area contributed by atoms with Gasteiger partial charge in [-0.05, 0) is 24.3 Å². The minimum atomic E-state index is -0.340. The van der Waals surface area contributed by atoms with Crippen LogP contribution in [0.1, 0.15) is 25.6 Å². The first-order chi connectivity index (χ1) is 12.9. The van der Waals surface area contributed by atoms with Crippen molar-refractivity contribution >= 4 is 50.3 Å². The van der Waals surface area contributed by atoms with E-state index in [1.807, 2.05) is 24.3 Å². The molecule has 4 aromatic heterocycles. The molecule has 0 saturated carbocycles. The molecule has 4 aromatic rings. The van der Waals surface area contributed by atoms with Gasteiger partial charge in [0.1, 0.15) is 17.9 Å². The predicted molar refractivity (Wildman–Crippen MR) is 107 cm³/mol. The van der Waals surface area contributed by atoms with E-state index in [4.69, 9.17) is 11.6 Å². The van der Waals surface area contributed by atoms with Crippen molar-refractivity contribution in [2.75, 3.05) is 5.32 Å². The molecule has 4 heterocycles. The fourth-order valence-corrected chi connectivity index (χ4v) is 4.13. The van der Waals surface area contributed by atoms with Crippen molar-refractivity contribution in [1.82, 2.24) is 19.2 Å². The van der Waals surface area contributed by atoms with Crippen LogP contribution in [0.2, 0.25) is 4.34 Å². The maximum Gasteiger partial charge on any atom is 0.291 e. The highest BCUT2D eigenvalue weighted by molar-refractivity contribution is 7.22. The predicted octanol–water partition coefficient (Wildman–Crippen LogP) is 3.52. The molecule has 0 aliphatic heterocycles. The molecule has 27 heavy (non-hydrogen) atoms. The van der Waals surface area contributed by atoms with Gasteiger partial charge in [0, 0.05) is 12.1 Å². The molecule has 0 spiro atoms. The maximum atomic E-state index is 12.9. The number of nitrogens with one attached hydrogen (secondary N) is 1. The van der Waals surface area contributed by atoms with Crippen LogP contribution in [-0.4, -0.2) is 25.1 Å². The number of halogens is 1. The van der Waals surface area contributed by atoms with Crippen LogP contribution in [0.5, 0.6) is 0 Å². The molecule has 0 radical (unpaired) electrons. The average molecular weight is 402 g/mol. The topological polar surface area (TPSA) is 81.3 Å². The molecule has 138 valence electrons. The molecule has 1 N–H and O–H groups in total. The monoisotopic (exact) mass is 401 g/mol. The SMILES string of the molecule is CC(C)c1nn(CC(=O)Nc2cccnc2)c(=O)c2cc3sc(Cl)cc3n12. The Kier molecular flexibility index (Phi) is 4.45. The molecule has 0 unspecified atom stereocenters. The highest BCUT2D eigenvalue weighted by atomic mass is 35.5. The summed E-state index contributed by atoms with van der Waals surface area (Å²) < 4.78 is 4.62. The van der Waals surface area contributed by atoms with E-state index in [2.05, 4.69) is 15.4 Å². The van der Waals surface area contributed by atoms with Crippen LogP contribution in [-0.2, 0) is 11.3 Å². The van der Waals surface area contributed by atoms with E-state index in [1.54, 1.807) is 30.6 Å². The second-order valence-corrected chi connectivity index (χ2v) is 8.15. The minimum absolute atomic E-state index is 0.0509. The third kappa shape index (κ3) is 3.22. The number of thiophene rings is 1. The third-order valence-electron chi connectivity index (χ3n) is 4.12. The van der Waals surface area contributed by atoms with E-state index in [1.165, 1.54) is 16.0 Å². The van der Waals surface area contributed by atoms with E-state index in [0.29, 0.717) is 21.4 Å². The fraction of sp³-hybridized carbons (Fsp3) is 0.222. The maximum absolute atomic E-state index is 12.9. The Morgan fingerprint density at radius 2 is 2.15 bits per heavy atom. The molecule has 1 amide bonds. The molecule has 4 rings (SSSR count). The zero-order valence-corrected chi connectivity index (χ0v) is 16.2. The zero-order chi connectivity index (χ0) is 19.1. The van der Waals surface area contributed by atoms with E-state index >= 15 is 0 Å². The second kappa shape index (κ2) is 6.79. The summed E-state index contributed by atoms with van der Waals surface area (Å²) in [5, 5.41) is 7.19. The minimum Gasteiger partial charge on any atom is -0.323 e. The summed E-state index contributed by atoms with van der Waals surface area (Å²) in [6.45, 7) is 3.81. The van der Waals surface area contributed by atoms with Gasteiger partial charge in [-0.3, -0.25) is 19.0 Å². The number of aromatic nitrogens is 4. The van der Waals surface area contributed by atoms with E-state index in [-0.39, 0.29) is 23.9 Å². The van der Waals surface area contributed by atoms with Crippen molar-refractivity contribution in [2.45, 2.75) is 26.3 Å². The first-order valence-electron chi connectivity index (χ1n) is 8.35. The molecular formula is C18H16ClN5O2S. The van der Waals surface area contributed by atoms with Gasteiger partial charge in [-0.1, -0.05) is 25.4 Å². The summed E-state index contributed by atoms with van der Waals surface area (Å²) in [6.07, 6.45) is 3.16. The molecule has 0 fully saturated rings. The van der Waals surface area contributed by atoms with Crippen LogP contribution >= 0.6 is 22.9 Å². The van der Waals surface area contributed by atoms with Gasteiger partial charge in [0.15, 0.2) is 0 Å². The van der Waals surface area contributed by atoms with Crippen LogP contribution in [0.15, 0.2) is 41.5 Å². The van der Waals surface area contributed by atoms with Crippen LogP contribution in [0.4, 0.5) is 5.69 Å². The molecule has 7 nitrogen and oxygen atoms in total. The van der Waals surface area contributed by atoms with E-state index < -0.39 is 0 Å². The number of carbonyl (C=O) groups excluding carboxylic acids is 1. The first-order valence-corrected chi connectivity index (χ1v) is 9.55. The van der Waals surface area contributed by atoms with Gasteiger partial charge < -0.3 is 5.32 Å². The van der Waals surface area contributed by atoms with Crippen LogP contribution in [0.3, 0.4) is 0 Å². The Labute approximate surface area is 163 Å². The average Bonchev–Trinajstić information content (AvgIpc) is 3.14. The second-order valence-electron chi connectivity index (χ2n) is 6.43. The van der Waals surface area contributed by atoms with Gasteiger partial charge in [0.05, 0.1) is 26.4 Å². The largest absolute Gasteiger partial charge is 0.323 e. The number of pyridine rings is 1. The van der Waals surface area contributed by atoms with Gasteiger partial charge >= 0.3 is 0 Å². The molecular weight excluding hydrogens is 386 g/mol. The fourth-order valence-electron chi connectivity index (χ4n) is 2.97. The van der Waals surface area contributed by atoms with Gasteiger partial charge in [-0.15, -0.1) is 11.3 Å². The number of fused-ring (bicyclic) bond motifs is 3. The van der Waals surface area contributed by atoms with Gasteiger partial charge in [-0.2, -0.15) is 5.10 Å². The first kappa shape index (κ1) is 17.7. The molecule has 0 aromatic carbocycles. The van der Waals surface area contributed by atoms with Gasteiger partial charge in [-0.25, -0.2) is 4.68 Å². The third-order valence-corrected chi connectivity index (χ3v) is 5.32. The molecule has 0 atom stereocenters. The number of hydrogen-bond donors (Lipinski definition) is 1. The van der Waals surface area contributed by atoms with Crippen molar-refractivity contribution < 1.29 is 4.79 Å². The van der Waals surface area contributed by atoms with E-state index in [0.717, 1.165) is 10.2 Å². The molecule has 9 heteroatoms. The number of rotatable bonds is 4. The molecule has 0 aliphatic carbocycles. The molecule has 0 saturated heterocycles. The summed E-state index contributed by atoms with van der Waals surface area (Å²) in [6, 6.07) is 7.09. The quantitative estimate of drug-likeness (QED) is 0.567. The summed E-state index contributed by atoms with van der Waals surface area (Å²) in [7, 11) is 0. The zero-order valence-electron chi connectivity index (χ0n) is 14.6. The Bertz CT molecular complexity index is 1210. The van der Waals surface area contributed by atoms with Crippen molar-refractivity contribution in [3.8, 4) is 0 Å². The van der Waals surface area contributed by atoms with Crippen molar-refractivity contribution in [2.24, 2.45) is 0 Å². The lowest BCUT2D eigenvalue weighted by atomic mass is 10.2. The Balaban J connectivity index is 1.78. The number of nitrogens with zero attached hydrogens (tertiary/aromatic N) is 4. The van der Waals surface area contributed by atoms with Crippen molar-refractivity contribution in [3.05, 3.63) is 57.2 Å². The van der Waals surface area contributed by atoms with Crippen LogP contribution in [0.25, 0.3) is 15.7 Å². The Morgan fingerprint density at radius 3 is 2.85 bits per heavy atom. The summed E-state index contributed by atoms with van der Waals surface area (Å²) in [4.78, 5) is 29.2. The van der Waals surface area contributed by atoms with Crippen molar-refractivity contribution in [1.29, 1.82) is 0 Å². The molecule has 0 aliphatic rings. The standard InChI is InChI=1S/C18H16ClN5O2S/c1-10(2)17-22-23(9-16(25)21-11-4-3-5-20-8-11)18(26)13-6-14-12(24(13)17)7-15(19)27-14/h3-8,10H,9H2,1-2H3,(H,21,25). The van der Waals surface area contributed by atoms with E-state index in [9.17, 15) is 9.59 Å². The normalized spacial score (nSPS) is 11.6. The van der Waals surface area contributed by atoms with Crippen LogP contribution < -0.4 is 10.9 Å². The number of anilines is 1. The van der Waals surface area contributed by atoms with Crippen molar-refractivity contribution in [3.63, 3.8) is 0 Å². The lowest BCUT2D eigenvalue weighted by molar-refractivity contribution is -0.117. The summed E-state index contributed by atoms with van der Waals surface area (Å²) >= 11 is 7.53. The smallest absolute Gasteiger partial charge is 0.291 e. The Hall–Kier alpha value is -2.71. The number of amides is 1. The van der Waals surface area contributed by atoms with Crippen LogP contribution in [0, 0.1) is 0 Å². The summed E-state index contributed by atoms with van der Waals surface area (Å²) in [5.74, 6) is 0.409. The van der Waals surface area contributed by atoms with Gasteiger partial charge in [0.2, 0.25) is 5.91 Å². The Morgan fingerprint density at radius 1 is 1.33 bits per heavy atom.